The molecule has 2 unspecified atom stereocenters. The topological polar surface area (TPSA) is 237 Å². The molecule has 0 saturated heterocycles. The molecule has 0 spiro atoms. The Balaban J connectivity index is 5.20. The summed E-state index contributed by atoms with van der Waals surface area (Å²) in [5.74, 6) is -1.47. The molecule has 0 aromatic heterocycles. The lowest BCUT2D eigenvalue weighted by Crippen LogP contribution is -2.30. The van der Waals surface area contributed by atoms with E-state index in [0.717, 1.165) is 116 Å². The Hall–Kier alpha value is -1.94. The standard InChI is InChI=1S/C57H110O17P2/c1-6-9-12-15-18-20-21-22-23-26-33-38-43-57(62)74-53(47-68-55(60)41-36-31-28-27-29-34-39-50(4)5)49-72-76(65,66)70-45-51(58)44-69-75(63,64)71-48-52(46-67-54(59)40-35-30-24-17-14-11-8-3)73-56(61)42-37-32-25-19-16-13-10-7-2/h50-53,58H,6-49H2,1-5H3,(H,63,64)(H,65,66)/t51-,52+,53+/m0/s1. The van der Waals surface area contributed by atoms with E-state index in [1.807, 2.05) is 0 Å². The van der Waals surface area contributed by atoms with Crippen LogP contribution in [0.5, 0.6) is 0 Å². The van der Waals surface area contributed by atoms with Gasteiger partial charge in [0.25, 0.3) is 0 Å². The third-order valence-corrected chi connectivity index (χ3v) is 14.9. The summed E-state index contributed by atoms with van der Waals surface area (Å²) < 4.78 is 67.5. The number of aliphatic hydroxyl groups is 1. The highest BCUT2D eigenvalue weighted by molar-refractivity contribution is 7.47. The van der Waals surface area contributed by atoms with Crippen molar-refractivity contribution in [1.82, 2.24) is 0 Å². The molecule has 0 aromatic carbocycles. The van der Waals surface area contributed by atoms with Gasteiger partial charge in [0.2, 0.25) is 0 Å². The third kappa shape index (κ3) is 51.5. The van der Waals surface area contributed by atoms with Gasteiger partial charge in [-0.25, -0.2) is 9.13 Å². The zero-order valence-electron chi connectivity index (χ0n) is 48.4. The smallest absolute Gasteiger partial charge is 0.462 e. The second-order valence-corrected chi connectivity index (χ2v) is 24.1. The highest BCUT2D eigenvalue weighted by Gasteiger charge is 2.30. The first-order valence-corrected chi connectivity index (χ1v) is 33.1. The van der Waals surface area contributed by atoms with Gasteiger partial charge in [-0.2, -0.15) is 0 Å². The van der Waals surface area contributed by atoms with E-state index in [4.69, 9.17) is 37.0 Å². The Morgan fingerprint density at radius 2 is 0.605 bits per heavy atom. The maximum Gasteiger partial charge on any atom is 0.472 e. The van der Waals surface area contributed by atoms with Crippen LogP contribution in [-0.4, -0.2) is 96.7 Å². The van der Waals surface area contributed by atoms with Crippen LogP contribution in [0.3, 0.4) is 0 Å². The number of carbonyl (C=O) groups is 4. The van der Waals surface area contributed by atoms with Crippen molar-refractivity contribution in [2.24, 2.45) is 5.92 Å². The Kier molecular flexibility index (Phi) is 49.9. The second-order valence-electron chi connectivity index (χ2n) is 21.2. The van der Waals surface area contributed by atoms with Gasteiger partial charge in [0, 0.05) is 25.7 Å². The van der Waals surface area contributed by atoms with E-state index < -0.39 is 97.5 Å². The van der Waals surface area contributed by atoms with Crippen molar-refractivity contribution in [3.8, 4) is 0 Å². The number of carbonyl (C=O) groups excluding carboxylic acids is 4. The fourth-order valence-corrected chi connectivity index (χ4v) is 9.92. The molecule has 0 fully saturated rings. The summed E-state index contributed by atoms with van der Waals surface area (Å²) in [6, 6.07) is 0. The lowest BCUT2D eigenvalue weighted by molar-refractivity contribution is -0.161. The molecule has 0 rings (SSSR count). The molecule has 450 valence electrons. The molecule has 17 nitrogen and oxygen atoms in total. The summed E-state index contributed by atoms with van der Waals surface area (Å²) in [4.78, 5) is 71.6. The molecular weight excluding hydrogens is 1020 g/mol. The van der Waals surface area contributed by atoms with Crippen molar-refractivity contribution in [3.63, 3.8) is 0 Å². The lowest BCUT2D eigenvalue weighted by atomic mass is 10.0. The molecular formula is C57H110O17P2. The quantitative estimate of drug-likeness (QED) is 0.0222. The van der Waals surface area contributed by atoms with Crippen LogP contribution in [0.1, 0.15) is 279 Å². The largest absolute Gasteiger partial charge is 0.472 e. The van der Waals surface area contributed by atoms with Crippen molar-refractivity contribution in [2.45, 2.75) is 297 Å². The molecule has 0 aromatic rings. The van der Waals surface area contributed by atoms with Crippen LogP contribution >= 0.6 is 15.6 Å². The number of hydrogen-bond acceptors (Lipinski definition) is 15. The highest BCUT2D eigenvalue weighted by atomic mass is 31.2. The SMILES string of the molecule is CCCCCCCCCCCCCCC(=O)O[C@H](COC(=O)CCCCCCCCC(C)C)COP(=O)(O)OC[C@@H](O)COP(=O)(O)OC[C@@H](COC(=O)CCCCCCCCC)OC(=O)CCCCCCCCCC. The zero-order chi connectivity index (χ0) is 56.4. The minimum atomic E-state index is -4.93. The monoisotopic (exact) mass is 1130 g/mol. The van der Waals surface area contributed by atoms with Gasteiger partial charge in [-0.05, 0) is 31.6 Å². The van der Waals surface area contributed by atoms with Crippen LogP contribution in [0, 0.1) is 5.92 Å². The first kappa shape index (κ1) is 74.1. The molecule has 0 radical (unpaired) electrons. The van der Waals surface area contributed by atoms with Crippen LogP contribution < -0.4 is 0 Å². The average Bonchev–Trinajstić information content (AvgIpc) is 3.38. The van der Waals surface area contributed by atoms with Crippen molar-refractivity contribution < 1.29 is 80.2 Å². The molecule has 0 amide bonds. The molecule has 5 atom stereocenters. The van der Waals surface area contributed by atoms with Crippen molar-refractivity contribution in [1.29, 1.82) is 0 Å². The van der Waals surface area contributed by atoms with E-state index in [0.29, 0.717) is 31.6 Å². The number of rotatable bonds is 57. The van der Waals surface area contributed by atoms with E-state index in [-0.39, 0.29) is 25.7 Å². The number of phosphoric ester groups is 2. The predicted molar refractivity (Wildman–Crippen MR) is 298 cm³/mol. The number of unbranched alkanes of at least 4 members (excludes halogenated alkanes) is 29. The van der Waals surface area contributed by atoms with Crippen LogP contribution in [-0.2, 0) is 65.4 Å². The summed E-state index contributed by atoms with van der Waals surface area (Å²) in [6.45, 7) is 6.99. The van der Waals surface area contributed by atoms with E-state index in [1.165, 1.54) is 77.0 Å². The van der Waals surface area contributed by atoms with Crippen molar-refractivity contribution in [2.75, 3.05) is 39.6 Å². The summed E-state index contributed by atoms with van der Waals surface area (Å²) in [6.07, 6.45) is 32.3. The van der Waals surface area contributed by atoms with E-state index in [9.17, 15) is 43.2 Å². The first-order valence-electron chi connectivity index (χ1n) is 30.1. The number of phosphoric acid groups is 2. The molecule has 0 saturated carbocycles. The fourth-order valence-electron chi connectivity index (χ4n) is 8.34. The minimum Gasteiger partial charge on any atom is -0.462 e. The number of esters is 4. The summed E-state index contributed by atoms with van der Waals surface area (Å²) in [5, 5.41) is 10.5. The van der Waals surface area contributed by atoms with Gasteiger partial charge in [0.15, 0.2) is 12.2 Å². The fraction of sp³-hybridized carbons (Fsp3) is 0.930. The van der Waals surface area contributed by atoms with E-state index in [1.54, 1.807) is 0 Å². The first-order chi connectivity index (χ1) is 36.5. The van der Waals surface area contributed by atoms with Crippen LogP contribution in [0.2, 0.25) is 0 Å². The third-order valence-electron chi connectivity index (χ3n) is 13.0. The van der Waals surface area contributed by atoms with Gasteiger partial charge in [-0.1, -0.05) is 227 Å². The summed E-state index contributed by atoms with van der Waals surface area (Å²) in [7, 11) is -9.86. The van der Waals surface area contributed by atoms with Crippen molar-refractivity contribution >= 4 is 39.5 Å². The summed E-state index contributed by atoms with van der Waals surface area (Å²) in [5.41, 5.74) is 0. The van der Waals surface area contributed by atoms with Gasteiger partial charge in [0.05, 0.1) is 26.4 Å². The van der Waals surface area contributed by atoms with Gasteiger partial charge >= 0.3 is 39.5 Å². The molecule has 0 bridgehead atoms. The molecule has 0 aliphatic rings. The van der Waals surface area contributed by atoms with Crippen LogP contribution in [0.4, 0.5) is 0 Å². The van der Waals surface area contributed by atoms with Crippen LogP contribution in [0.15, 0.2) is 0 Å². The van der Waals surface area contributed by atoms with Gasteiger partial charge in [0.1, 0.15) is 19.3 Å². The molecule has 76 heavy (non-hydrogen) atoms. The van der Waals surface area contributed by atoms with Gasteiger partial charge in [-0.3, -0.25) is 37.3 Å². The number of hydrogen-bond donors (Lipinski definition) is 3. The van der Waals surface area contributed by atoms with E-state index >= 15 is 0 Å². The Labute approximate surface area is 460 Å². The maximum absolute atomic E-state index is 12.9. The number of aliphatic hydroxyl groups excluding tert-OH is 1. The molecule has 3 N–H and O–H groups in total. The molecule has 0 aliphatic carbocycles. The minimum absolute atomic E-state index is 0.104. The molecule has 19 heteroatoms. The van der Waals surface area contributed by atoms with Gasteiger partial charge < -0.3 is 33.8 Å². The Morgan fingerprint density at radius 1 is 0.355 bits per heavy atom. The Morgan fingerprint density at radius 3 is 0.895 bits per heavy atom. The van der Waals surface area contributed by atoms with Crippen molar-refractivity contribution in [3.05, 3.63) is 0 Å². The normalized spacial score (nSPS) is 14.4. The predicted octanol–water partition coefficient (Wildman–Crippen LogP) is 15.1. The maximum atomic E-state index is 12.9. The Bertz CT molecular complexity index is 1500. The highest BCUT2D eigenvalue weighted by Crippen LogP contribution is 2.45. The summed E-state index contributed by atoms with van der Waals surface area (Å²) >= 11 is 0. The van der Waals surface area contributed by atoms with Gasteiger partial charge in [-0.15, -0.1) is 0 Å². The molecule has 0 heterocycles. The van der Waals surface area contributed by atoms with E-state index in [2.05, 4.69) is 34.6 Å². The number of ether oxygens (including phenoxy) is 4. The lowest BCUT2D eigenvalue weighted by Gasteiger charge is -2.21. The van der Waals surface area contributed by atoms with Crippen LogP contribution in [0.25, 0.3) is 0 Å². The zero-order valence-corrected chi connectivity index (χ0v) is 50.2. The average molecular weight is 1130 g/mol. The second kappa shape index (κ2) is 51.2. The molecule has 0 aliphatic heterocycles.